The highest BCUT2D eigenvalue weighted by Gasteiger charge is 2.22. The molecule has 0 aliphatic carbocycles. The summed E-state index contributed by atoms with van der Waals surface area (Å²) in [5.74, 6) is -0.891. The Morgan fingerprint density at radius 1 is 0.935 bits per heavy atom. The summed E-state index contributed by atoms with van der Waals surface area (Å²) >= 11 is 3.18. The second kappa shape index (κ2) is 9.61. The fourth-order valence-electron chi connectivity index (χ4n) is 2.82. The third-order valence-corrected chi connectivity index (χ3v) is 4.94. The number of hydrogen-bond donors (Lipinski definition) is 2. The Hall–Kier alpha value is -3.39. The molecule has 0 radical (unpaired) electrons. The van der Waals surface area contributed by atoms with Crippen LogP contribution in [0, 0.1) is 5.92 Å². The second-order valence-corrected chi connectivity index (χ2v) is 7.95. The van der Waals surface area contributed by atoms with Crippen LogP contribution in [0.3, 0.4) is 0 Å². The smallest absolute Gasteiger partial charge is 0.293 e. The van der Waals surface area contributed by atoms with Crippen LogP contribution in [0.4, 0.5) is 17.1 Å². The minimum Gasteiger partial charge on any atom is -0.444 e. The Balaban J connectivity index is 1.80. The Labute approximate surface area is 188 Å². The first-order valence-electron chi connectivity index (χ1n) is 9.61. The van der Waals surface area contributed by atoms with Crippen LogP contribution >= 0.6 is 15.9 Å². The van der Waals surface area contributed by atoms with Gasteiger partial charge >= 0.3 is 0 Å². The Morgan fingerprint density at radius 2 is 1.61 bits per heavy atom. The highest BCUT2D eigenvalue weighted by Crippen LogP contribution is 2.24. The molecule has 1 aromatic heterocycles. The van der Waals surface area contributed by atoms with E-state index in [2.05, 4.69) is 26.6 Å². The van der Waals surface area contributed by atoms with Crippen LogP contribution in [0.1, 0.15) is 34.8 Å². The van der Waals surface area contributed by atoms with Gasteiger partial charge in [0.25, 0.3) is 11.8 Å². The first-order valence-corrected chi connectivity index (χ1v) is 10.4. The molecule has 3 rings (SSSR count). The molecule has 7 nitrogen and oxygen atoms in total. The Morgan fingerprint density at radius 3 is 2.26 bits per heavy atom. The van der Waals surface area contributed by atoms with Gasteiger partial charge in [-0.2, -0.15) is 0 Å². The average molecular weight is 484 g/mol. The van der Waals surface area contributed by atoms with Crippen molar-refractivity contribution in [2.24, 2.45) is 5.92 Å². The molecule has 2 N–H and O–H groups in total. The zero-order chi connectivity index (χ0) is 22.5. The largest absolute Gasteiger partial charge is 0.444 e. The van der Waals surface area contributed by atoms with Crippen LogP contribution in [0.25, 0.3) is 0 Å². The van der Waals surface area contributed by atoms with E-state index < -0.39 is 0 Å². The predicted octanol–water partition coefficient (Wildman–Crippen LogP) is 5.17. The van der Waals surface area contributed by atoms with Gasteiger partial charge in [-0.25, -0.2) is 0 Å². The second-order valence-electron chi connectivity index (χ2n) is 7.16. The van der Waals surface area contributed by atoms with Crippen molar-refractivity contribution in [1.29, 1.82) is 0 Å². The van der Waals surface area contributed by atoms with Crippen molar-refractivity contribution in [3.8, 4) is 0 Å². The lowest BCUT2D eigenvalue weighted by Crippen LogP contribution is -2.28. The number of halogens is 1. The van der Waals surface area contributed by atoms with Crippen molar-refractivity contribution < 1.29 is 18.8 Å². The van der Waals surface area contributed by atoms with Gasteiger partial charge in [-0.3, -0.25) is 14.4 Å². The fraction of sp³-hybridized carbons (Fsp3) is 0.174. The molecule has 0 saturated heterocycles. The van der Waals surface area contributed by atoms with E-state index in [1.807, 2.05) is 0 Å². The van der Waals surface area contributed by atoms with Gasteiger partial charge in [0, 0.05) is 24.3 Å². The van der Waals surface area contributed by atoms with Gasteiger partial charge in [-0.15, -0.1) is 0 Å². The zero-order valence-electron chi connectivity index (χ0n) is 17.3. The van der Waals surface area contributed by atoms with Gasteiger partial charge < -0.3 is 20.0 Å². The molecule has 1 heterocycles. The van der Waals surface area contributed by atoms with Gasteiger partial charge in [0.2, 0.25) is 5.91 Å². The van der Waals surface area contributed by atoms with Crippen molar-refractivity contribution in [1.82, 2.24) is 0 Å². The van der Waals surface area contributed by atoms with E-state index in [0.717, 1.165) is 0 Å². The zero-order valence-corrected chi connectivity index (χ0v) is 18.9. The summed E-state index contributed by atoms with van der Waals surface area (Å²) in [5.41, 5.74) is 1.85. The quantitative estimate of drug-likeness (QED) is 0.505. The van der Waals surface area contributed by atoms with Crippen molar-refractivity contribution in [3.63, 3.8) is 0 Å². The molecule has 0 unspecified atom stereocenters. The number of nitrogens with one attached hydrogen (secondary N) is 2. The van der Waals surface area contributed by atoms with Crippen LogP contribution < -0.4 is 15.5 Å². The SMILES string of the molecule is CC(C)C(=O)Nc1cccc(NC(=O)c2ccccc2N(C)C(=O)c2ccc(Br)o2)c1. The maximum atomic E-state index is 13.0. The molecule has 3 amide bonds. The molecule has 0 aliphatic rings. The number of furan rings is 1. The fourth-order valence-corrected chi connectivity index (χ4v) is 3.13. The number of para-hydroxylation sites is 1. The summed E-state index contributed by atoms with van der Waals surface area (Å²) in [6, 6.07) is 16.9. The summed E-state index contributed by atoms with van der Waals surface area (Å²) in [6.07, 6.45) is 0. The lowest BCUT2D eigenvalue weighted by molar-refractivity contribution is -0.118. The number of nitrogens with zero attached hydrogens (tertiary/aromatic N) is 1. The molecule has 31 heavy (non-hydrogen) atoms. The van der Waals surface area contributed by atoms with Crippen molar-refractivity contribution in [2.75, 3.05) is 22.6 Å². The maximum Gasteiger partial charge on any atom is 0.293 e. The number of hydrogen-bond acceptors (Lipinski definition) is 4. The van der Waals surface area contributed by atoms with Gasteiger partial charge in [-0.05, 0) is 58.4 Å². The standard InChI is InChI=1S/C23H22BrN3O4/c1-14(2)21(28)25-15-7-6-8-16(13-15)26-22(29)17-9-4-5-10-18(17)27(3)23(30)19-11-12-20(24)31-19/h4-14H,1-3H3,(H,25,28)(H,26,29). The molecule has 0 fully saturated rings. The third kappa shape index (κ3) is 5.40. The normalized spacial score (nSPS) is 10.6. The topological polar surface area (TPSA) is 91.7 Å². The number of amides is 3. The molecule has 0 spiro atoms. The highest BCUT2D eigenvalue weighted by molar-refractivity contribution is 9.10. The first-order chi connectivity index (χ1) is 14.8. The molecule has 2 aromatic carbocycles. The van der Waals surface area contributed by atoms with E-state index in [1.54, 1.807) is 81.6 Å². The molecule has 0 bridgehead atoms. The van der Waals surface area contributed by atoms with Gasteiger partial charge in [-0.1, -0.05) is 32.0 Å². The van der Waals surface area contributed by atoms with E-state index in [1.165, 1.54) is 4.90 Å². The van der Waals surface area contributed by atoms with E-state index in [4.69, 9.17) is 4.42 Å². The minimum absolute atomic E-state index is 0.112. The first kappa shape index (κ1) is 22.3. The Kier molecular flexibility index (Phi) is 6.91. The molecule has 8 heteroatoms. The summed E-state index contributed by atoms with van der Waals surface area (Å²) in [7, 11) is 1.58. The Bertz CT molecular complexity index is 1120. The summed E-state index contributed by atoms with van der Waals surface area (Å²) in [4.78, 5) is 39.0. The number of carbonyl (C=O) groups excluding carboxylic acids is 3. The lowest BCUT2D eigenvalue weighted by atomic mass is 10.1. The number of benzene rings is 2. The number of carbonyl (C=O) groups is 3. The van der Waals surface area contributed by atoms with Crippen LogP contribution in [-0.2, 0) is 4.79 Å². The maximum absolute atomic E-state index is 13.0. The molecule has 0 aliphatic heterocycles. The molecular weight excluding hydrogens is 462 g/mol. The van der Waals surface area contributed by atoms with Crippen LogP contribution in [0.15, 0.2) is 69.8 Å². The number of anilines is 3. The van der Waals surface area contributed by atoms with Crippen molar-refractivity contribution in [2.45, 2.75) is 13.8 Å². The van der Waals surface area contributed by atoms with Crippen molar-refractivity contribution >= 4 is 50.7 Å². The van der Waals surface area contributed by atoms with Crippen LogP contribution in [-0.4, -0.2) is 24.8 Å². The molecule has 160 valence electrons. The number of rotatable bonds is 6. The summed E-state index contributed by atoms with van der Waals surface area (Å²) < 4.78 is 5.78. The van der Waals surface area contributed by atoms with E-state index in [-0.39, 0.29) is 29.4 Å². The van der Waals surface area contributed by atoms with Crippen molar-refractivity contribution in [3.05, 3.63) is 76.7 Å². The van der Waals surface area contributed by atoms with Crippen LogP contribution in [0.2, 0.25) is 0 Å². The van der Waals surface area contributed by atoms with Crippen LogP contribution in [0.5, 0.6) is 0 Å². The van der Waals surface area contributed by atoms with Gasteiger partial charge in [0.1, 0.15) is 0 Å². The summed E-state index contributed by atoms with van der Waals surface area (Å²) in [5, 5.41) is 5.62. The lowest BCUT2D eigenvalue weighted by Gasteiger charge is -2.19. The van der Waals surface area contributed by atoms with E-state index in [9.17, 15) is 14.4 Å². The monoisotopic (exact) mass is 483 g/mol. The van der Waals surface area contributed by atoms with Gasteiger partial charge in [0.15, 0.2) is 10.4 Å². The average Bonchev–Trinajstić information content (AvgIpc) is 3.19. The molecular formula is C23H22BrN3O4. The van der Waals surface area contributed by atoms with E-state index >= 15 is 0 Å². The third-order valence-electron chi connectivity index (χ3n) is 4.51. The predicted molar refractivity (Wildman–Crippen MR) is 123 cm³/mol. The molecule has 3 aromatic rings. The van der Waals surface area contributed by atoms with Gasteiger partial charge in [0.05, 0.1) is 11.3 Å². The minimum atomic E-state index is -0.386. The molecule has 0 atom stereocenters. The molecule has 0 saturated carbocycles. The summed E-state index contributed by atoms with van der Waals surface area (Å²) in [6.45, 7) is 3.61. The highest BCUT2D eigenvalue weighted by atomic mass is 79.9. The van der Waals surface area contributed by atoms with E-state index in [0.29, 0.717) is 27.3 Å².